The maximum absolute atomic E-state index is 11.4. The monoisotopic (exact) mass is 194 g/mol. The normalized spacial score (nSPS) is 10.2. The van der Waals surface area contributed by atoms with Crippen LogP contribution in [0.2, 0.25) is 0 Å². The van der Waals surface area contributed by atoms with Crippen LogP contribution in [0.1, 0.15) is 5.56 Å². The first-order valence-electron chi connectivity index (χ1n) is 3.64. The van der Waals surface area contributed by atoms with Crippen LogP contribution in [-0.2, 0) is 6.54 Å². The van der Waals surface area contributed by atoms with Crippen molar-refractivity contribution >= 4 is 11.6 Å². The summed E-state index contributed by atoms with van der Waals surface area (Å²) in [6, 6.07) is 4.97. The van der Waals surface area contributed by atoms with E-state index in [0.29, 0.717) is 6.54 Å². The topological polar surface area (TPSA) is 45.8 Å². The Balaban J connectivity index is 3.11. The van der Waals surface area contributed by atoms with Gasteiger partial charge in [0, 0.05) is 18.3 Å². The molecule has 4 heteroatoms. The molecule has 0 atom stereocenters. The van der Waals surface area contributed by atoms with Gasteiger partial charge >= 0.3 is 0 Å². The summed E-state index contributed by atoms with van der Waals surface area (Å²) in [6.07, 6.45) is 3.24. The number of hydrogen-bond acceptors (Lipinski definition) is 2. The molecular weight excluding hydrogens is 188 g/mol. The molecule has 1 aromatic rings. The Morgan fingerprint density at radius 1 is 1.69 bits per heavy atom. The molecule has 0 radical (unpaired) electrons. The average Bonchev–Trinajstić information content (AvgIpc) is 2.16. The lowest BCUT2D eigenvalue weighted by molar-refractivity contribution is 0.776. The lowest BCUT2D eigenvalue weighted by Crippen LogP contribution is -2.20. The van der Waals surface area contributed by atoms with E-state index < -0.39 is 0 Å². The summed E-state index contributed by atoms with van der Waals surface area (Å²) >= 11 is 5.32. The average molecular weight is 195 g/mol. The highest BCUT2D eigenvalue weighted by Gasteiger charge is 1.98. The van der Waals surface area contributed by atoms with Gasteiger partial charge in [-0.15, -0.1) is 0 Å². The maximum atomic E-state index is 11.4. The standard InChI is InChI=1S/C9H7ClN2O/c10-4-2-6-12-5-1-3-8(7-11)9(12)13/h1-5H,6H2/b4-2+. The first kappa shape index (κ1) is 9.56. The van der Waals surface area contributed by atoms with E-state index in [-0.39, 0.29) is 11.1 Å². The number of pyridine rings is 1. The number of hydrogen-bond donors (Lipinski definition) is 0. The Bertz CT molecular complexity index is 414. The molecule has 0 amide bonds. The van der Waals surface area contributed by atoms with Gasteiger partial charge in [-0.05, 0) is 12.1 Å². The Morgan fingerprint density at radius 3 is 3.08 bits per heavy atom. The second kappa shape index (κ2) is 4.48. The summed E-state index contributed by atoms with van der Waals surface area (Å²) < 4.78 is 1.41. The summed E-state index contributed by atoms with van der Waals surface area (Å²) in [6.45, 7) is 0.387. The molecule has 0 aliphatic carbocycles. The van der Waals surface area contributed by atoms with Gasteiger partial charge in [0.2, 0.25) is 0 Å². The van der Waals surface area contributed by atoms with Crippen molar-refractivity contribution in [3.05, 3.63) is 45.9 Å². The molecule has 0 saturated carbocycles. The lowest BCUT2D eigenvalue weighted by atomic mass is 10.3. The Hall–Kier alpha value is -1.53. The van der Waals surface area contributed by atoms with Gasteiger partial charge in [-0.3, -0.25) is 4.79 Å². The van der Waals surface area contributed by atoms with Crippen LogP contribution < -0.4 is 5.56 Å². The molecular formula is C9H7ClN2O. The van der Waals surface area contributed by atoms with Gasteiger partial charge in [-0.2, -0.15) is 5.26 Å². The molecule has 0 bridgehead atoms. The van der Waals surface area contributed by atoms with E-state index in [4.69, 9.17) is 16.9 Å². The summed E-state index contributed by atoms with van der Waals surface area (Å²) in [5.74, 6) is 0. The minimum atomic E-state index is -0.292. The van der Waals surface area contributed by atoms with Crippen LogP contribution in [0.4, 0.5) is 0 Å². The van der Waals surface area contributed by atoms with Gasteiger partial charge < -0.3 is 4.57 Å². The molecule has 1 aromatic heterocycles. The number of nitrogens with zero attached hydrogens (tertiary/aromatic N) is 2. The van der Waals surface area contributed by atoms with Crippen LogP contribution in [0.25, 0.3) is 0 Å². The highest BCUT2D eigenvalue weighted by Crippen LogP contribution is 1.90. The smallest absolute Gasteiger partial charge is 0.268 e. The number of halogens is 1. The van der Waals surface area contributed by atoms with Gasteiger partial charge in [0.25, 0.3) is 5.56 Å². The van der Waals surface area contributed by atoms with Crippen molar-refractivity contribution in [1.29, 1.82) is 5.26 Å². The van der Waals surface area contributed by atoms with E-state index >= 15 is 0 Å². The lowest BCUT2D eigenvalue weighted by Gasteiger charge is -1.99. The molecule has 13 heavy (non-hydrogen) atoms. The zero-order valence-electron chi connectivity index (χ0n) is 6.77. The second-order valence-corrected chi connectivity index (χ2v) is 2.60. The minimum Gasteiger partial charge on any atom is -0.311 e. The van der Waals surface area contributed by atoms with Crippen molar-refractivity contribution in [2.24, 2.45) is 0 Å². The first-order chi connectivity index (χ1) is 6.29. The Morgan fingerprint density at radius 2 is 2.46 bits per heavy atom. The molecule has 0 aliphatic rings. The number of aromatic nitrogens is 1. The molecule has 0 saturated heterocycles. The van der Waals surface area contributed by atoms with Crippen LogP contribution in [0.15, 0.2) is 34.7 Å². The van der Waals surface area contributed by atoms with E-state index in [1.807, 2.05) is 6.07 Å². The van der Waals surface area contributed by atoms with E-state index in [0.717, 1.165) is 0 Å². The molecule has 0 aliphatic heterocycles. The zero-order valence-corrected chi connectivity index (χ0v) is 7.53. The molecule has 0 unspecified atom stereocenters. The second-order valence-electron chi connectivity index (χ2n) is 2.35. The molecule has 1 rings (SSSR count). The Labute approximate surface area is 80.5 Å². The Kier molecular flexibility index (Phi) is 3.30. The number of rotatable bonds is 2. The highest BCUT2D eigenvalue weighted by atomic mass is 35.5. The fourth-order valence-corrected chi connectivity index (χ4v) is 0.999. The fourth-order valence-electron chi connectivity index (χ4n) is 0.919. The predicted octanol–water partition coefficient (Wildman–Crippen LogP) is 1.47. The van der Waals surface area contributed by atoms with Gasteiger partial charge in [-0.25, -0.2) is 0 Å². The van der Waals surface area contributed by atoms with E-state index in [1.165, 1.54) is 16.2 Å². The third-order valence-electron chi connectivity index (χ3n) is 1.53. The van der Waals surface area contributed by atoms with Crippen LogP contribution >= 0.6 is 11.6 Å². The van der Waals surface area contributed by atoms with Crippen molar-refractivity contribution in [2.75, 3.05) is 0 Å². The minimum absolute atomic E-state index is 0.144. The predicted molar refractivity (Wildman–Crippen MR) is 50.4 cm³/mol. The van der Waals surface area contributed by atoms with Crippen LogP contribution in [0.5, 0.6) is 0 Å². The van der Waals surface area contributed by atoms with Crippen LogP contribution in [0, 0.1) is 11.3 Å². The summed E-state index contributed by atoms with van der Waals surface area (Å²) in [7, 11) is 0. The van der Waals surface area contributed by atoms with Crippen molar-refractivity contribution in [1.82, 2.24) is 4.57 Å². The third-order valence-corrected chi connectivity index (χ3v) is 1.71. The molecule has 0 fully saturated rings. The van der Waals surface area contributed by atoms with E-state index in [2.05, 4.69) is 0 Å². The molecule has 3 nitrogen and oxygen atoms in total. The largest absolute Gasteiger partial charge is 0.311 e. The summed E-state index contributed by atoms with van der Waals surface area (Å²) in [5.41, 5.74) is 1.19. The van der Waals surface area contributed by atoms with Gasteiger partial charge in [-0.1, -0.05) is 17.7 Å². The summed E-state index contributed by atoms with van der Waals surface area (Å²) in [4.78, 5) is 11.4. The molecule has 0 N–H and O–H groups in total. The van der Waals surface area contributed by atoms with Gasteiger partial charge in [0.1, 0.15) is 11.6 Å². The molecule has 0 spiro atoms. The van der Waals surface area contributed by atoms with Crippen LogP contribution in [0.3, 0.4) is 0 Å². The number of nitriles is 1. The molecule has 1 heterocycles. The van der Waals surface area contributed by atoms with E-state index in [9.17, 15) is 4.79 Å². The SMILES string of the molecule is N#Cc1cccn(C/C=C/Cl)c1=O. The third kappa shape index (κ3) is 2.20. The quantitative estimate of drug-likeness (QED) is 0.716. The van der Waals surface area contributed by atoms with Crippen molar-refractivity contribution in [3.63, 3.8) is 0 Å². The molecule has 0 aromatic carbocycles. The van der Waals surface area contributed by atoms with Gasteiger partial charge in [0.15, 0.2) is 0 Å². The highest BCUT2D eigenvalue weighted by molar-refractivity contribution is 6.25. The fraction of sp³-hybridized carbons (Fsp3) is 0.111. The van der Waals surface area contributed by atoms with Gasteiger partial charge in [0.05, 0.1) is 0 Å². The summed E-state index contributed by atoms with van der Waals surface area (Å²) in [5, 5.41) is 8.56. The van der Waals surface area contributed by atoms with Crippen molar-refractivity contribution in [2.45, 2.75) is 6.54 Å². The zero-order chi connectivity index (χ0) is 9.68. The van der Waals surface area contributed by atoms with Crippen LogP contribution in [-0.4, -0.2) is 4.57 Å². The first-order valence-corrected chi connectivity index (χ1v) is 4.08. The maximum Gasteiger partial charge on any atom is 0.268 e. The van der Waals surface area contributed by atoms with E-state index in [1.54, 1.807) is 18.3 Å². The number of allylic oxidation sites excluding steroid dienone is 1. The molecule has 66 valence electrons. The van der Waals surface area contributed by atoms with Crippen molar-refractivity contribution in [3.8, 4) is 6.07 Å². The van der Waals surface area contributed by atoms with Crippen molar-refractivity contribution < 1.29 is 0 Å².